The second-order valence-electron chi connectivity index (χ2n) is 4.57. The predicted octanol–water partition coefficient (Wildman–Crippen LogP) is 3.10. The van der Waals surface area contributed by atoms with E-state index in [2.05, 4.69) is 4.98 Å². The standard InChI is InChI=1S/C16H14N2O.BrH/c1-18-14-10-6-5-9-13(14)16(19)17-15(18)11-12-7-3-2-4-8-12;/h2-10H,11H2,1H3;1H. The van der Waals surface area contributed by atoms with Crippen molar-refractivity contribution in [3.05, 3.63) is 76.3 Å². The van der Waals surface area contributed by atoms with Crippen molar-refractivity contribution in [1.29, 1.82) is 0 Å². The topological polar surface area (TPSA) is 34.9 Å². The third-order valence-corrected chi connectivity index (χ3v) is 3.32. The molecule has 3 aromatic rings. The van der Waals surface area contributed by atoms with Gasteiger partial charge in [0, 0.05) is 13.5 Å². The Balaban J connectivity index is 0.00000147. The van der Waals surface area contributed by atoms with E-state index in [1.54, 1.807) is 0 Å². The Morgan fingerprint density at radius 2 is 1.65 bits per heavy atom. The van der Waals surface area contributed by atoms with Gasteiger partial charge in [-0.1, -0.05) is 42.5 Å². The van der Waals surface area contributed by atoms with Crippen LogP contribution < -0.4 is 5.56 Å². The van der Waals surface area contributed by atoms with E-state index >= 15 is 0 Å². The molecule has 2 aromatic carbocycles. The molecule has 0 saturated carbocycles. The number of aryl methyl sites for hydroxylation is 1. The summed E-state index contributed by atoms with van der Waals surface area (Å²) in [5, 5.41) is 0.668. The van der Waals surface area contributed by atoms with Gasteiger partial charge < -0.3 is 4.57 Å². The summed E-state index contributed by atoms with van der Waals surface area (Å²) in [5.74, 6) is 0.787. The SMILES string of the molecule is Br.Cn1c(Cc2ccccc2)nc(=O)c2ccccc21. The van der Waals surface area contributed by atoms with E-state index < -0.39 is 0 Å². The van der Waals surface area contributed by atoms with Gasteiger partial charge in [-0.3, -0.25) is 4.79 Å². The highest BCUT2D eigenvalue weighted by Crippen LogP contribution is 2.12. The van der Waals surface area contributed by atoms with Crippen LogP contribution in [-0.4, -0.2) is 9.55 Å². The fraction of sp³-hybridized carbons (Fsp3) is 0.125. The summed E-state index contributed by atoms with van der Waals surface area (Å²) in [7, 11) is 1.95. The van der Waals surface area contributed by atoms with Gasteiger partial charge in [0.1, 0.15) is 5.82 Å². The van der Waals surface area contributed by atoms with Crippen LogP contribution in [0, 0.1) is 0 Å². The average molecular weight is 331 g/mol. The summed E-state index contributed by atoms with van der Waals surface area (Å²) in [6.45, 7) is 0. The fourth-order valence-electron chi connectivity index (χ4n) is 2.28. The normalized spacial score (nSPS) is 10.2. The van der Waals surface area contributed by atoms with Crippen molar-refractivity contribution in [2.45, 2.75) is 6.42 Å². The second-order valence-corrected chi connectivity index (χ2v) is 4.57. The average Bonchev–Trinajstić information content (AvgIpc) is 2.46. The molecule has 1 heterocycles. The Hall–Kier alpha value is -1.94. The molecule has 0 fully saturated rings. The van der Waals surface area contributed by atoms with Crippen LogP contribution in [0.2, 0.25) is 0 Å². The van der Waals surface area contributed by atoms with Gasteiger partial charge in [0.2, 0.25) is 0 Å². The van der Waals surface area contributed by atoms with E-state index in [1.165, 1.54) is 0 Å². The molecule has 0 saturated heterocycles. The van der Waals surface area contributed by atoms with Crippen molar-refractivity contribution in [2.24, 2.45) is 7.05 Å². The Labute approximate surface area is 127 Å². The number of halogens is 1. The molecule has 0 aliphatic carbocycles. The smallest absolute Gasteiger partial charge is 0.280 e. The lowest BCUT2D eigenvalue weighted by Gasteiger charge is -2.10. The summed E-state index contributed by atoms with van der Waals surface area (Å²) in [6.07, 6.45) is 0.664. The van der Waals surface area contributed by atoms with Gasteiger partial charge in [-0.15, -0.1) is 17.0 Å². The molecule has 3 rings (SSSR count). The molecule has 102 valence electrons. The van der Waals surface area contributed by atoms with Crippen LogP contribution in [0.4, 0.5) is 0 Å². The molecule has 1 aromatic heterocycles. The Bertz CT molecular complexity index is 781. The van der Waals surface area contributed by atoms with Crippen LogP contribution in [0.1, 0.15) is 11.4 Å². The van der Waals surface area contributed by atoms with E-state index in [1.807, 2.05) is 66.2 Å². The molecule has 0 spiro atoms. The highest BCUT2D eigenvalue weighted by atomic mass is 79.9. The molecule has 20 heavy (non-hydrogen) atoms. The number of fused-ring (bicyclic) bond motifs is 1. The zero-order valence-corrected chi connectivity index (χ0v) is 12.8. The van der Waals surface area contributed by atoms with Gasteiger partial charge in [0.25, 0.3) is 5.56 Å². The van der Waals surface area contributed by atoms with Crippen molar-refractivity contribution in [3.8, 4) is 0 Å². The zero-order valence-electron chi connectivity index (χ0n) is 11.1. The molecule has 0 amide bonds. The molecule has 0 unspecified atom stereocenters. The van der Waals surface area contributed by atoms with E-state index in [4.69, 9.17) is 0 Å². The van der Waals surface area contributed by atoms with E-state index in [9.17, 15) is 4.79 Å². The van der Waals surface area contributed by atoms with E-state index in [0.717, 1.165) is 16.9 Å². The first-order chi connectivity index (χ1) is 9.25. The number of benzene rings is 2. The van der Waals surface area contributed by atoms with Crippen molar-refractivity contribution in [3.63, 3.8) is 0 Å². The number of aromatic nitrogens is 2. The highest BCUT2D eigenvalue weighted by Gasteiger charge is 2.07. The number of para-hydroxylation sites is 1. The lowest BCUT2D eigenvalue weighted by molar-refractivity contribution is 0.802. The predicted molar refractivity (Wildman–Crippen MR) is 86.6 cm³/mol. The van der Waals surface area contributed by atoms with Crippen molar-refractivity contribution < 1.29 is 0 Å². The van der Waals surface area contributed by atoms with Gasteiger partial charge in [-0.05, 0) is 17.7 Å². The number of hydrogen-bond donors (Lipinski definition) is 0. The van der Waals surface area contributed by atoms with Crippen LogP contribution >= 0.6 is 17.0 Å². The van der Waals surface area contributed by atoms with Crippen LogP contribution in [-0.2, 0) is 13.5 Å². The van der Waals surface area contributed by atoms with Gasteiger partial charge >= 0.3 is 0 Å². The van der Waals surface area contributed by atoms with Crippen LogP contribution in [0.25, 0.3) is 10.9 Å². The largest absolute Gasteiger partial charge is 0.332 e. The minimum absolute atomic E-state index is 0. The quantitative estimate of drug-likeness (QED) is 0.723. The molecule has 0 atom stereocenters. The maximum atomic E-state index is 12.0. The summed E-state index contributed by atoms with van der Waals surface area (Å²) >= 11 is 0. The maximum absolute atomic E-state index is 12.0. The van der Waals surface area contributed by atoms with Crippen LogP contribution in [0.5, 0.6) is 0 Å². The molecule has 4 heteroatoms. The second kappa shape index (κ2) is 6.01. The minimum atomic E-state index is -0.153. The van der Waals surface area contributed by atoms with Gasteiger partial charge in [-0.2, -0.15) is 4.98 Å². The highest BCUT2D eigenvalue weighted by molar-refractivity contribution is 8.93. The van der Waals surface area contributed by atoms with E-state index in [0.29, 0.717) is 11.8 Å². The summed E-state index contributed by atoms with van der Waals surface area (Å²) < 4.78 is 1.99. The molecular weight excluding hydrogens is 316 g/mol. The third kappa shape index (κ3) is 2.65. The number of nitrogens with zero attached hydrogens (tertiary/aromatic N) is 2. The molecule has 3 nitrogen and oxygen atoms in total. The lowest BCUT2D eigenvalue weighted by atomic mass is 10.1. The molecule has 0 aliphatic rings. The third-order valence-electron chi connectivity index (χ3n) is 3.32. The molecule has 0 bridgehead atoms. The first kappa shape index (κ1) is 14.5. The summed E-state index contributed by atoms with van der Waals surface area (Å²) in [5.41, 5.74) is 1.92. The molecule has 0 N–H and O–H groups in total. The fourth-order valence-corrected chi connectivity index (χ4v) is 2.28. The first-order valence-corrected chi connectivity index (χ1v) is 6.24. The molecule has 0 radical (unpaired) electrons. The number of hydrogen-bond acceptors (Lipinski definition) is 2. The monoisotopic (exact) mass is 330 g/mol. The Morgan fingerprint density at radius 1 is 1.00 bits per heavy atom. The Kier molecular flexibility index (Phi) is 4.35. The molecular formula is C16H15BrN2O. The van der Waals surface area contributed by atoms with Crippen LogP contribution in [0.3, 0.4) is 0 Å². The van der Waals surface area contributed by atoms with Crippen molar-refractivity contribution in [2.75, 3.05) is 0 Å². The van der Waals surface area contributed by atoms with Crippen LogP contribution in [0.15, 0.2) is 59.4 Å². The minimum Gasteiger partial charge on any atom is -0.332 e. The summed E-state index contributed by atoms with van der Waals surface area (Å²) in [4.78, 5) is 16.2. The van der Waals surface area contributed by atoms with Crippen molar-refractivity contribution >= 4 is 27.9 Å². The Morgan fingerprint density at radius 3 is 2.40 bits per heavy atom. The first-order valence-electron chi connectivity index (χ1n) is 6.24. The lowest BCUT2D eigenvalue weighted by Crippen LogP contribution is -2.17. The van der Waals surface area contributed by atoms with Gasteiger partial charge in [0.15, 0.2) is 0 Å². The van der Waals surface area contributed by atoms with Gasteiger partial charge in [-0.25, -0.2) is 0 Å². The summed E-state index contributed by atoms with van der Waals surface area (Å²) in [6, 6.07) is 17.6. The maximum Gasteiger partial charge on any atom is 0.280 e. The number of rotatable bonds is 2. The van der Waals surface area contributed by atoms with E-state index in [-0.39, 0.29) is 22.5 Å². The molecule has 0 aliphatic heterocycles. The van der Waals surface area contributed by atoms with Gasteiger partial charge in [0.05, 0.1) is 10.9 Å². The van der Waals surface area contributed by atoms with Crippen molar-refractivity contribution in [1.82, 2.24) is 9.55 Å². The zero-order chi connectivity index (χ0) is 13.2.